The second-order valence-corrected chi connectivity index (χ2v) is 10.6. The summed E-state index contributed by atoms with van der Waals surface area (Å²) in [5, 5.41) is 0. The number of H-pyrrole nitrogens is 2. The van der Waals surface area contributed by atoms with E-state index in [9.17, 15) is 9.59 Å². The molecule has 0 radical (unpaired) electrons. The number of esters is 2. The van der Waals surface area contributed by atoms with Crippen LogP contribution in [0.2, 0.25) is 0 Å². The van der Waals surface area contributed by atoms with Crippen molar-refractivity contribution in [2.75, 3.05) is 14.2 Å². The van der Waals surface area contributed by atoms with Gasteiger partial charge in [-0.2, -0.15) is 0 Å². The van der Waals surface area contributed by atoms with Gasteiger partial charge < -0.3 is 19.4 Å². The number of aromatic amines is 2. The zero-order valence-electron chi connectivity index (χ0n) is 25.2. The van der Waals surface area contributed by atoms with Crippen LogP contribution in [0.3, 0.4) is 0 Å². The van der Waals surface area contributed by atoms with Gasteiger partial charge in [-0.25, -0.2) is 14.8 Å². The molecule has 0 spiro atoms. The van der Waals surface area contributed by atoms with Gasteiger partial charge in [-0.3, -0.25) is 4.79 Å². The summed E-state index contributed by atoms with van der Waals surface area (Å²) < 4.78 is 10.1. The van der Waals surface area contributed by atoms with Crippen molar-refractivity contribution >= 4 is 56.3 Å². The van der Waals surface area contributed by atoms with Gasteiger partial charge in [0.15, 0.2) is 0 Å². The number of carbonyl (C=O) groups excluding carboxylic acids is 2. The van der Waals surface area contributed by atoms with E-state index in [2.05, 4.69) is 30.4 Å². The molecule has 2 aliphatic rings. The highest BCUT2D eigenvalue weighted by Crippen LogP contribution is 2.36. The third kappa shape index (κ3) is 4.87. The number of rotatable bonds is 6. The van der Waals surface area contributed by atoms with E-state index in [1.165, 1.54) is 14.2 Å². The molecular weight excluding hydrogens is 528 g/mol. The van der Waals surface area contributed by atoms with Crippen LogP contribution in [0.1, 0.15) is 83.4 Å². The summed E-state index contributed by atoms with van der Waals surface area (Å²) in [6.45, 7) is 14.2. The van der Waals surface area contributed by atoms with Crippen LogP contribution < -0.4 is 0 Å². The second kappa shape index (κ2) is 11.3. The van der Waals surface area contributed by atoms with E-state index >= 15 is 0 Å². The van der Waals surface area contributed by atoms with Crippen molar-refractivity contribution in [3.63, 3.8) is 0 Å². The van der Waals surface area contributed by atoms with Crippen LogP contribution in [-0.2, 0) is 20.7 Å². The van der Waals surface area contributed by atoms with Gasteiger partial charge in [-0.15, -0.1) is 0 Å². The molecule has 0 unspecified atom stereocenters. The highest BCUT2D eigenvalue weighted by atomic mass is 16.5. The fraction of sp³-hybridized carbons (Fsp3) is 0.294. The number of methoxy groups -OCH3 is 2. The quantitative estimate of drug-likeness (QED) is 0.305. The van der Waals surface area contributed by atoms with Crippen molar-refractivity contribution in [1.82, 2.24) is 19.9 Å². The Morgan fingerprint density at radius 3 is 2.12 bits per heavy atom. The van der Waals surface area contributed by atoms with Crippen LogP contribution in [-0.4, -0.2) is 46.1 Å². The molecule has 5 heterocycles. The van der Waals surface area contributed by atoms with Crippen molar-refractivity contribution in [2.45, 2.75) is 53.9 Å². The first-order valence-corrected chi connectivity index (χ1v) is 14.1. The van der Waals surface area contributed by atoms with E-state index in [1.54, 1.807) is 0 Å². The molecule has 0 saturated heterocycles. The number of hydrogen-bond acceptors (Lipinski definition) is 6. The number of nitrogens with zero attached hydrogens (tertiary/aromatic N) is 2. The Labute approximate surface area is 245 Å². The van der Waals surface area contributed by atoms with Crippen LogP contribution in [0.15, 0.2) is 36.9 Å². The average Bonchev–Trinajstić information content (AvgIpc) is 3.64. The summed E-state index contributed by atoms with van der Waals surface area (Å²) >= 11 is 0. The molecule has 0 saturated carbocycles. The minimum absolute atomic E-state index is 0.222. The number of allylic oxidation sites excluding steroid dienone is 5. The van der Waals surface area contributed by atoms with Crippen LogP contribution in [0.4, 0.5) is 0 Å². The number of carbonyl (C=O) groups is 2. The van der Waals surface area contributed by atoms with Crippen LogP contribution >= 0.6 is 0 Å². The minimum Gasteiger partial charge on any atom is -0.469 e. The molecule has 42 heavy (non-hydrogen) atoms. The maximum atomic E-state index is 13.0. The molecule has 3 aromatic heterocycles. The zero-order valence-corrected chi connectivity index (χ0v) is 25.2. The molecule has 5 rings (SSSR count). The van der Waals surface area contributed by atoms with Crippen molar-refractivity contribution in [3.8, 4) is 0 Å². The number of aryl methyl sites for hydroxylation is 3. The lowest BCUT2D eigenvalue weighted by molar-refractivity contribution is -0.140. The van der Waals surface area contributed by atoms with E-state index < -0.39 is 5.97 Å². The number of aromatic nitrogens is 4. The normalized spacial score (nSPS) is 13.0. The van der Waals surface area contributed by atoms with Gasteiger partial charge in [0.2, 0.25) is 0 Å². The molecule has 2 N–H and O–H groups in total. The Bertz CT molecular complexity index is 1880. The molecule has 0 amide bonds. The summed E-state index contributed by atoms with van der Waals surface area (Å²) in [6, 6.07) is 7.95. The topological polar surface area (TPSA) is 110 Å². The second-order valence-electron chi connectivity index (χ2n) is 10.6. The van der Waals surface area contributed by atoms with Gasteiger partial charge in [0.1, 0.15) is 0 Å². The monoisotopic (exact) mass is 564 g/mol. The highest BCUT2D eigenvalue weighted by Gasteiger charge is 2.22. The molecular formula is C34H36N4O4. The van der Waals surface area contributed by atoms with Crippen LogP contribution in [0, 0.1) is 13.8 Å². The standard InChI is InChI=1S/C34H36N4O4/c1-9-21-17(3)24-13-25-19(5)23(11-12-32(39)41-7)30(37-25)16-31-33(34(40)42-8)20(6)27(38-31)15-29-22(10-2)18(4)26(36-29)14-28(21)35-24/h9,13-16,37-38H,1,10-12H2,2-8H3. The summed E-state index contributed by atoms with van der Waals surface area (Å²) in [6.07, 6.45) is 3.32. The smallest absolute Gasteiger partial charge is 0.340 e. The summed E-state index contributed by atoms with van der Waals surface area (Å²) in [7, 11) is 2.77. The molecule has 0 atom stereocenters. The predicted molar refractivity (Wildman–Crippen MR) is 168 cm³/mol. The largest absolute Gasteiger partial charge is 0.469 e. The number of hydrogen-bond donors (Lipinski definition) is 2. The van der Waals surface area contributed by atoms with Gasteiger partial charge in [-0.05, 0) is 98.2 Å². The van der Waals surface area contributed by atoms with Crippen LogP contribution in [0.5, 0.6) is 0 Å². The highest BCUT2D eigenvalue weighted by molar-refractivity contribution is 6.03. The Morgan fingerprint density at radius 1 is 0.810 bits per heavy atom. The Balaban J connectivity index is 1.97. The lowest BCUT2D eigenvalue weighted by Gasteiger charge is -2.01. The third-order valence-electron chi connectivity index (χ3n) is 8.34. The lowest BCUT2D eigenvalue weighted by Crippen LogP contribution is -2.02. The van der Waals surface area contributed by atoms with Crippen molar-refractivity contribution in [2.24, 2.45) is 0 Å². The van der Waals surface area contributed by atoms with E-state index in [0.717, 1.165) is 84.7 Å². The average molecular weight is 565 g/mol. The summed E-state index contributed by atoms with van der Waals surface area (Å²) in [5.41, 5.74) is 13.7. The first kappa shape index (κ1) is 28.8. The maximum Gasteiger partial charge on any atom is 0.340 e. The predicted octanol–water partition coefficient (Wildman–Crippen LogP) is 7.28. The van der Waals surface area contributed by atoms with Gasteiger partial charge in [0, 0.05) is 28.5 Å². The van der Waals surface area contributed by atoms with Gasteiger partial charge in [0.25, 0.3) is 0 Å². The maximum absolute atomic E-state index is 13.0. The van der Waals surface area contributed by atoms with E-state index in [0.29, 0.717) is 17.5 Å². The minimum atomic E-state index is -0.434. The summed E-state index contributed by atoms with van der Waals surface area (Å²) in [4.78, 5) is 42.1. The number of ether oxygens (including phenoxy) is 2. The number of nitrogens with one attached hydrogen (secondary N) is 2. The number of fused-ring (bicyclic) bond motifs is 8. The third-order valence-corrected chi connectivity index (χ3v) is 8.34. The first-order chi connectivity index (χ1) is 20.1. The van der Waals surface area contributed by atoms with Gasteiger partial charge in [-0.1, -0.05) is 19.6 Å². The molecule has 0 aliphatic carbocycles. The molecule has 3 aromatic rings. The fourth-order valence-electron chi connectivity index (χ4n) is 5.85. The first-order valence-electron chi connectivity index (χ1n) is 14.1. The van der Waals surface area contributed by atoms with Crippen LogP contribution in [0.25, 0.3) is 44.4 Å². The molecule has 216 valence electrons. The molecule has 8 heteroatoms. The van der Waals surface area contributed by atoms with Crippen molar-refractivity contribution in [3.05, 3.63) is 81.9 Å². The Kier molecular flexibility index (Phi) is 7.73. The molecule has 0 fully saturated rings. The van der Waals surface area contributed by atoms with Gasteiger partial charge in [0.05, 0.1) is 48.1 Å². The molecule has 8 bridgehead atoms. The zero-order chi connectivity index (χ0) is 30.3. The Hall–Kier alpha value is -4.72. The molecule has 0 aromatic carbocycles. The van der Waals surface area contributed by atoms with Crippen molar-refractivity contribution in [1.29, 1.82) is 0 Å². The van der Waals surface area contributed by atoms with E-state index in [1.807, 2.05) is 51.1 Å². The lowest BCUT2D eigenvalue weighted by atomic mass is 10.0. The fourth-order valence-corrected chi connectivity index (χ4v) is 5.85. The van der Waals surface area contributed by atoms with E-state index in [4.69, 9.17) is 19.4 Å². The summed E-state index contributed by atoms with van der Waals surface area (Å²) in [5.74, 6) is -0.725. The molecule has 2 aliphatic heterocycles. The Morgan fingerprint density at radius 2 is 1.45 bits per heavy atom. The van der Waals surface area contributed by atoms with Crippen molar-refractivity contribution < 1.29 is 19.1 Å². The van der Waals surface area contributed by atoms with E-state index in [-0.39, 0.29) is 12.4 Å². The molecule has 8 nitrogen and oxygen atoms in total. The SMILES string of the molecule is C=CC1=C(C)c2cc3[nH]c(cc4[nH]c(cc5nc(cc1n2)C(C)=C5CC)c(C)c4C(=O)OC)c(CCC(=O)OC)c3C. The van der Waals surface area contributed by atoms with Gasteiger partial charge >= 0.3 is 11.9 Å².